The molecule has 1 amide bonds. The quantitative estimate of drug-likeness (QED) is 0.769. The van der Waals surface area contributed by atoms with E-state index in [9.17, 15) is 4.79 Å². The highest BCUT2D eigenvalue weighted by atomic mass is 16.5. The van der Waals surface area contributed by atoms with Crippen LogP contribution in [0.3, 0.4) is 0 Å². The standard InChI is InChI=1S/C19H19NO3/c1-3-13-5-4-6-15(9-13)20-19(21)10-14-12-23-18-11-16(22-2)7-8-17(14)18/h4-9,11-12H,3,10H2,1-2H3,(H,20,21). The lowest BCUT2D eigenvalue weighted by molar-refractivity contribution is -0.115. The predicted molar refractivity (Wildman–Crippen MR) is 90.9 cm³/mol. The fraction of sp³-hybridized carbons (Fsp3) is 0.211. The molecule has 2 aromatic carbocycles. The first-order valence-electron chi connectivity index (χ1n) is 7.62. The Morgan fingerprint density at radius 3 is 2.87 bits per heavy atom. The van der Waals surface area contributed by atoms with E-state index in [0.717, 1.165) is 34.4 Å². The lowest BCUT2D eigenvalue weighted by Gasteiger charge is -2.06. The number of nitrogens with one attached hydrogen (secondary N) is 1. The number of amides is 1. The summed E-state index contributed by atoms with van der Waals surface area (Å²) >= 11 is 0. The van der Waals surface area contributed by atoms with Crippen LogP contribution in [0.25, 0.3) is 11.0 Å². The van der Waals surface area contributed by atoms with Crippen LogP contribution in [0.5, 0.6) is 5.75 Å². The zero-order chi connectivity index (χ0) is 16.2. The van der Waals surface area contributed by atoms with Crippen molar-refractivity contribution in [2.75, 3.05) is 12.4 Å². The van der Waals surface area contributed by atoms with Crippen LogP contribution in [0.2, 0.25) is 0 Å². The van der Waals surface area contributed by atoms with Gasteiger partial charge in [0.05, 0.1) is 19.8 Å². The van der Waals surface area contributed by atoms with Crippen LogP contribution in [-0.4, -0.2) is 13.0 Å². The normalized spacial score (nSPS) is 10.7. The Hall–Kier alpha value is -2.75. The van der Waals surface area contributed by atoms with Gasteiger partial charge in [0.15, 0.2) is 0 Å². The smallest absolute Gasteiger partial charge is 0.228 e. The van der Waals surface area contributed by atoms with Gasteiger partial charge >= 0.3 is 0 Å². The third kappa shape index (κ3) is 3.37. The Morgan fingerprint density at radius 1 is 1.22 bits per heavy atom. The number of hydrogen-bond donors (Lipinski definition) is 1. The molecule has 3 rings (SSSR count). The van der Waals surface area contributed by atoms with Crippen molar-refractivity contribution in [2.24, 2.45) is 0 Å². The second-order valence-electron chi connectivity index (χ2n) is 5.40. The largest absolute Gasteiger partial charge is 0.497 e. The number of aryl methyl sites for hydroxylation is 1. The number of ether oxygens (including phenoxy) is 1. The SMILES string of the molecule is CCc1cccc(NC(=O)Cc2coc3cc(OC)ccc23)c1. The first kappa shape index (κ1) is 15.2. The number of rotatable bonds is 5. The van der Waals surface area contributed by atoms with Crippen LogP contribution in [0.1, 0.15) is 18.1 Å². The van der Waals surface area contributed by atoms with E-state index in [1.807, 2.05) is 42.5 Å². The van der Waals surface area contributed by atoms with Gasteiger partial charge in [-0.3, -0.25) is 4.79 Å². The summed E-state index contributed by atoms with van der Waals surface area (Å²) in [4.78, 5) is 12.3. The maximum absolute atomic E-state index is 12.3. The summed E-state index contributed by atoms with van der Waals surface area (Å²) in [6, 6.07) is 13.5. The van der Waals surface area contributed by atoms with Crippen LogP contribution in [0.4, 0.5) is 5.69 Å². The first-order valence-corrected chi connectivity index (χ1v) is 7.62. The number of carbonyl (C=O) groups is 1. The molecule has 0 aliphatic carbocycles. The Kier molecular flexibility index (Phi) is 4.33. The van der Waals surface area contributed by atoms with Crippen molar-refractivity contribution in [3.8, 4) is 5.75 Å². The lowest BCUT2D eigenvalue weighted by Crippen LogP contribution is -2.14. The molecular weight excluding hydrogens is 290 g/mol. The van der Waals surface area contributed by atoms with Crippen molar-refractivity contribution >= 4 is 22.6 Å². The minimum absolute atomic E-state index is 0.0585. The monoisotopic (exact) mass is 309 g/mol. The Balaban J connectivity index is 1.75. The molecule has 23 heavy (non-hydrogen) atoms. The molecule has 0 saturated heterocycles. The molecule has 1 heterocycles. The molecule has 1 N–H and O–H groups in total. The molecule has 4 nitrogen and oxygen atoms in total. The van der Waals surface area contributed by atoms with Crippen LogP contribution in [0.15, 0.2) is 53.1 Å². The summed E-state index contributed by atoms with van der Waals surface area (Å²) in [7, 11) is 1.61. The van der Waals surface area contributed by atoms with Gasteiger partial charge in [0.2, 0.25) is 5.91 Å². The lowest BCUT2D eigenvalue weighted by atomic mass is 10.1. The van der Waals surface area contributed by atoms with Crippen molar-refractivity contribution in [2.45, 2.75) is 19.8 Å². The third-order valence-corrected chi connectivity index (χ3v) is 3.83. The summed E-state index contributed by atoms with van der Waals surface area (Å²) in [5, 5.41) is 3.87. The second kappa shape index (κ2) is 6.57. The molecule has 118 valence electrons. The molecular formula is C19H19NO3. The van der Waals surface area contributed by atoms with Gasteiger partial charge in [0.25, 0.3) is 0 Å². The van der Waals surface area contributed by atoms with E-state index in [-0.39, 0.29) is 12.3 Å². The molecule has 1 aromatic heterocycles. The number of furan rings is 1. The van der Waals surface area contributed by atoms with Gasteiger partial charge in [0, 0.05) is 22.7 Å². The summed E-state index contributed by atoms with van der Waals surface area (Å²) in [6.45, 7) is 2.09. The van der Waals surface area contributed by atoms with E-state index < -0.39 is 0 Å². The minimum atomic E-state index is -0.0585. The zero-order valence-electron chi connectivity index (χ0n) is 13.3. The molecule has 0 atom stereocenters. The van der Waals surface area contributed by atoms with Gasteiger partial charge in [-0.15, -0.1) is 0 Å². The summed E-state index contributed by atoms with van der Waals surface area (Å²) in [6.07, 6.45) is 2.85. The molecule has 0 unspecified atom stereocenters. The summed E-state index contributed by atoms with van der Waals surface area (Å²) in [5.41, 5.74) is 3.61. The Morgan fingerprint density at radius 2 is 2.09 bits per heavy atom. The highest BCUT2D eigenvalue weighted by Crippen LogP contribution is 2.26. The average Bonchev–Trinajstić information content (AvgIpc) is 2.97. The van der Waals surface area contributed by atoms with Crippen LogP contribution < -0.4 is 10.1 Å². The fourth-order valence-corrected chi connectivity index (χ4v) is 2.57. The molecule has 4 heteroatoms. The summed E-state index contributed by atoms with van der Waals surface area (Å²) < 4.78 is 10.7. The molecule has 0 aliphatic rings. The second-order valence-corrected chi connectivity index (χ2v) is 5.40. The minimum Gasteiger partial charge on any atom is -0.497 e. The van der Waals surface area contributed by atoms with Crippen LogP contribution in [-0.2, 0) is 17.6 Å². The van der Waals surface area contributed by atoms with Gasteiger partial charge in [-0.1, -0.05) is 19.1 Å². The number of hydrogen-bond acceptors (Lipinski definition) is 3. The number of anilines is 1. The van der Waals surface area contributed by atoms with Gasteiger partial charge < -0.3 is 14.5 Å². The van der Waals surface area contributed by atoms with Crippen LogP contribution in [0, 0.1) is 0 Å². The first-order chi connectivity index (χ1) is 11.2. The van der Waals surface area contributed by atoms with Crippen molar-refractivity contribution in [1.82, 2.24) is 0 Å². The van der Waals surface area contributed by atoms with E-state index in [2.05, 4.69) is 12.2 Å². The van der Waals surface area contributed by atoms with E-state index in [1.165, 1.54) is 5.56 Å². The fourth-order valence-electron chi connectivity index (χ4n) is 2.57. The van der Waals surface area contributed by atoms with E-state index in [0.29, 0.717) is 0 Å². The van der Waals surface area contributed by atoms with Gasteiger partial charge in [0.1, 0.15) is 11.3 Å². The number of carbonyl (C=O) groups excluding carboxylic acids is 1. The number of fused-ring (bicyclic) bond motifs is 1. The molecule has 3 aromatic rings. The van der Waals surface area contributed by atoms with E-state index in [4.69, 9.17) is 9.15 Å². The van der Waals surface area contributed by atoms with Gasteiger partial charge in [-0.25, -0.2) is 0 Å². The third-order valence-electron chi connectivity index (χ3n) is 3.83. The van der Waals surface area contributed by atoms with Crippen LogP contribution >= 0.6 is 0 Å². The summed E-state index contributed by atoms with van der Waals surface area (Å²) in [5.74, 6) is 0.677. The Labute approximate surface area is 135 Å². The molecule has 0 saturated carbocycles. The number of methoxy groups -OCH3 is 1. The molecule has 0 fully saturated rings. The maximum atomic E-state index is 12.3. The molecule has 0 spiro atoms. The van der Waals surface area contributed by atoms with E-state index >= 15 is 0 Å². The Bertz CT molecular complexity index is 836. The molecule has 0 radical (unpaired) electrons. The van der Waals surface area contributed by atoms with Gasteiger partial charge in [-0.2, -0.15) is 0 Å². The van der Waals surface area contributed by atoms with Crippen molar-refractivity contribution in [3.63, 3.8) is 0 Å². The maximum Gasteiger partial charge on any atom is 0.228 e. The molecule has 0 bridgehead atoms. The van der Waals surface area contributed by atoms with Gasteiger partial charge in [-0.05, 0) is 36.2 Å². The predicted octanol–water partition coefficient (Wildman–Crippen LogP) is 4.19. The van der Waals surface area contributed by atoms with Crippen molar-refractivity contribution in [1.29, 1.82) is 0 Å². The molecule has 0 aliphatic heterocycles. The highest BCUT2D eigenvalue weighted by Gasteiger charge is 2.11. The van der Waals surface area contributed by atoms with Crippen molar-refractivity contribution < 1.29 is 13.9 Å². The highest BCUT2D eigenvalue weighted by molar-refractivity contribution is 5.95. The van der Waals surface area contributed by atoms with Crippen molar-refractivity contribution in [3.05, 3.63) is 59.9 Å². The zero-order valence-corrected chi connectivity index (χ0v) is 13.3. The van der Waals surface area contributed by atoms with E-state index in [1.54, 1.807) is 13.4 Å². The topological polar surface area (TPSA) is 51.5 Å². The average molecular weight is 309 g/mol. The number of benzene rings is 2.